The molecular formula is C14H22BrN3O2. The smallest absolute Gasteiger partial charge is 0.283 e. The van der Waals surface area contributed by atoms with E-state index in [0.717, 1.165) is 25.1 Å². The molecule has 2 unspecified atom stereocenters. The summed E-state index contributed by atoms with van der Waals surface area (Å²) in [5.41, 5.74) is 0.693. The minimum absolute atomic E-state index is 0.0798. The normalized spacial score (nSPS) is 23.1. The first kappa shape index (κ1) is 15.5. The molecule has 2 heterocycles. The van der Waals surface area contributed by atoms with Crippen LogP contribution in [0, 0.1) is 5.92 Å². The van der Waals surface area contributed by atoms with E-state index in [1.165, 1.54) is 4.68 Å². The average molecular weight is 344 g/mol. The van der Waals surface area contributed by atoms with E-state index in [9.17, 15) is 4.79 Å². The molecule has 0 bridgehead atoms. The first-order valence-electron chi connectivity index (χ1n) is 7.11. The fraction of sp³-hybridized carbons (Fsp3) is 0.714. The zero-order chi connectivity index (χ0) is 14.7. The van der Waals surface area contributed by atoms with E-state index in [4.69, 9.17) is 4.74 Å². The van der Waals surface area contributed by atoms with Gasteiger partial charge in [0, 0.05) is 19.2 Å². The number of hydrogen-bond donors (Lipinski definition) is 1. The van der Waals surface area contributed by atoms with E-state index in [0.29, 0.717) is 23.0 Å². The fourth-order valence-electron chi connectivity index (χ4n) is 2.39. The van der Waals surface area contributed by atoms with Gasteiger partial charge in [-0.05, 0) is 41.6 Å². The van der Waals surface area contributed by atoms with E-state index < -0.39 is 0 Å². The summed E-state index contributed by atoms with van der Waals surface area (Å²) >= 11 is 3.40. The number of ether oxygens (including phenoxy) is 1. The molecule has 2 atom stereocenters. The van der Waals surface area contributed by atoms with Crippen molar-refractivity contribution >= 4 is 21.6 Å². The van der Waals surface area contributed by atoms with Crippen molar-refractivity contribution in [3.8, 4) is 0 Å². The third kappa shape index (κ3) is 3.82. The predicted octanol–water partition coefficient (Wildman–Crippen LogP) is 2.64. The molecular weight excluding hydrogens is 322 g/mol. The lowest BCUT2D eigenvalue weighted by atomic mass is 10.0. The summed E-state index contributed by atoms with van der Waals surface area (Å²) in [5, 5.41) is 7.64. The molecule has 0 saturated carbocycles. The van der Waals surface area contributed by atoms with Gasteiger partial charge in [0.2, 0.25) is 0 Å². The Labute approximate surface area is 127 Å². The molecule has 2 rings (SSSR count). The standard InChI is InChI=1S/C14H22BrN3O2/c1-9(2)8-18-14(19)13(15)12(7-16-18)17-11-4-5-20-10(3)6-11/h7,9-11,17H,4-6,8H2,1-3H3. The highest BCUT2D eigenvalue weighted by atomic mass is 79.9. The minimum Gasteiger partial charge on any atom is -0.380 e. The van der Waals surface area contributed by atoms with Gasteiger partial charge in [-0.15, -0.1) is 0 Å². The number of aromatic nitrogens is 2. The molecule has 0 spiro atoms. The molecule has 1 aromatic heterocycles. The maximum absolute atomic E-state index is 12.2. The predicted molar refractivity (Wildman–Crippen MR) is 83.1 cm³/mol. The van der Waals surface area contributed by atoms with Crippen molar-refractivity contribution in [3.05, 3.63) is 21.0 Å². The molecule has 0 aromatic carbocycles. The van der Waals surface area contributed by atoms with Crippen LogP contribution in [-0.4, -0.2) is 28.5 Å². The Morgan fingerprint density at radius 1 is 1.60 bits per heavy atom. The second-order valence-electron chi connectivity index (χ2n) is 5.80. The van der Waals surface area contributed by atoms with Crippen LogP contribution in [0.15, 0.2) is 15.5 Å². The first-order chi connectivity index (χ1) is 9.47. The Morgan fingerprint density at radius 3 is 3.00 bits per heavy atom. The number of hydrogen-bond acceptors (Lipinski definition) is 4. The van der Waals surface area contributed by atoms with Gasteiger partial charge < -0.3 is 10.1 Å². The highest BCUT2D eigenvalue weighted by Gasteiger charge is 2.20. The Morgan fingerprint density at radius 2 is 2.35 bits per heavy atom. The average Bonchev–Trinajstić information content (AvgIpc) is 2.38. The number of nitrogens with one attached hydrogen (secondary N) is 1. The molecule has 1 saturated heterocycles. The van der Waals surface area contributed by atoms with E-state index in [2.05, 4.69) is 47.1 Å². The molecule has 6 heteroatoms. The van der Waals surface area contributed by atoms with Crippen LogP contribution in [0.25, 0.3) is 0 Å². The topological polar surface area (TPSA) is 56.1 Å². The molecule has 0 amide bonds. The lowest BCUT2D eigenvalue weighted by Crippen LogP contribution is -2.34. The van der Waals surface area contributed by atoms with Gasteiger partial charge in [-0.1, -0.05) is 13.8 Å². The summed E-state index contributed by atoms with van der Waals surface area (Å²) in [4.78, 5) is 12.2. The molecule has 0 radical (unpaired) electrons. The van der Waals surface area contributed by atoms with Crippen molar-refractivity contribution in [2.45, 2.75) is 52.3 Å². The molecule has 0 aliphatic carbocycles. The molecule has 112 valence electrons. The summed E-state index contributed by atoms with van der Waals surface area (Å²) in [5.74, 6) is 0.391. The van der Waals surface area contributed by atoms with E-state index >= 15 is 0 Å². The third-order valence-electron chi connectivity index (χ3n) is 3.37. The lowest BCUT2D eigenvalue weighted by Gasteiger charge is -2.28. The maximum Gasteiger partial charge on any atom is 0.283 e. The van der Waals surface area contributed by atoms with Crippen molar-refractivity contribution < 1.29 is 4.74 Å². The van der Waals surface area contributed by atoms with Crippen LogP contribution in [0.4, 0.5) is 5.69 Å². The van der Waals surface area contributed by atoms with E-state index in [1.807, 2.05) is 0 Å². The van der Waals surface area contributed by atoms with Crippen molar-refractivity contribution in [2.75, 3.05) is 11.9 Å². The van der Waals surface area contributed by atoms with Crippen LogP contribution < -0.4 is 10.9 Å². The molecule has 1 aliphatic heterocycles. The van der Waals surface area contributed by atoms with Crippen molar-refractivity contribution in [1.82, 2.24) is 9.78 Å². The van der Waals surface area contributed by atoms with Gasteiger partial charge in [-0.3, -0.25) is 4.79 Å². The Kier molecular flexibility index (Phi) is 5.21. The quantitative estimate of drug-likeness (QED) is 0.912. The molecule has 20 heavy (non-hydrogen) atoms. The summed E-state index contributed by atoms with van der Waals surface area (Å²) in [6.45, 7) is 7.59. The highest BCUT2D eigenvalue weighted by molar-refractivity contribution is 9.10. The summed E-state index contributed by atoms with van der Waals surface area (Å²) in [6.07, 6.45) is 3.88. The van der Waals surface area contributed by atoms with Crippen molar-refractivity contribution in [3.63, 3.8) is 0 Å². The lowest BCUT2D eigenvalue weighted by molar-refractivity contribution is 0.0232. The zero-order valence-corrected chi connectivity index (χ0v) is 13.8. The number of anilines is 1. The maximum atomic E-state index is 12.2. The van der Waals surface area contributed by atoms with Crippen LogP contribution in [0.1, 0.15) is 33.6 Å². The van der Waals surface area contributed by atoms with Crippen LogP contribution in [0.3, 0.4) is 0 Å². The van der Waals surface area contributed by atoms with Crippen molar-refractivity contribution in [1.29, 1.82) is 0 Å². The summed E-state index contributed by atoms with van der Waals surface area (Å²) in [7, 11) is 0. The van der Waals surface area contributed by atoms with Gasteiger partial charge in [-0.2, -0.15) is 5.10 Å². The minimum atomic E-state index is -0.0798. The van der Waals surface area contributed by atoms with E-state index in [1.54, 1.807) is 6.20 Å². The third-order valence-corrected chi connectivity index (χ3v) is 4.13. The van der Waals surface area contributed by atoms with Gasteiger partial charge in [0.25, 0.3) is 5.56 Å². The number of halogens is 1. The second kappa shape index (κ2) is 6.72. The van der Waals surface area contributed by atoms with Crippen LogP contribution >= 0.6 is 15.9 Å². The van der Waals surface area contributed by atoms with Gasteiger partial charge in [0.15, 0.2) is 0 Å². The molecule has 1 aromatic rings. The second-order valence-corrected chi connectivity index (χ2v) is 6.59. The molecule has 1 aliphatic rings. The summed E-state index contributed by atoms with van der Waals surface area (Å²) < 4.78 is 7.60. The molecule has 5 nitrogen and oxygen atoms in total. The first-order valence-corrected chi connectivity index (χ1v) is 7.90. The van der Waals surface area contributed by atoms with Gasteiger partial charge in [0.05, 0.1) is 18.0 Å². The van der Waals surface area contributed by atoms with Crippen LogP contribution in [0.5, 0.6) is 0 Å². The van der Waals surface area contributed by atoms with Crippen LogP contribution in [-0.2, 0) is 11.3 Å². The Hall–Kier alpha value is -0.880. The SMILES string of the molecule is CC(C)Cn1ncc(NC2CCOC(C)C2)c(Br)c1=O. The molecule has 1 fully saturated rings. The highest BCUT2D eigenvalue weighted by Crippen LogP contribution is 2.22. The number of nitrogens with zero attached hydrogens (tertiary/aromatic N) is 2. The zero-order valence-electron chi connectivity index (χ0n) is 12.2. The summed E-state index contributed by atoms with van der Waals surface area (Å²) in [6, 6.07) is 0.331. The Balaban J connectivity index is 2.13. The number of rotatable bonds is 4. The fourth-order valence-corrected chi connectivity index (χ4v) is 2.81. The molecule has 1 N–H and O–H groups in total. The monoisotopic (exact) mass is 343 g/mol. The van der Waals surface area contributed by atoms with Gasteiger partial charge in [0.1, 0.15) is 4.47 Å². The van der Waals surface area contributed by atoms with Crippen molar-refractivity contribution in [2.24, 2.45) is 5.92 Å². The largest absolute Gasteiger partial charge is 0.380 e. The Bertz CT molecular complexity index is 516. The van der Waals surface area contributed by atoms with Gasteiger partial charge >= 0.3 is 0 Å². The van der Waals surface area contributed by atoms with Crippen LogP contribution in [0.2, 0.25) is 0 Å². The van der Waals surface area contributed by atoms with E-state index in [-0.39, 0.29) is 11.7 Å². The van der Waals surface area contributed by atoms with Gasteiger partial charge in [-0.25, -0.2) is 4.68 Å².